The molecule has 1 aromatic carbocycles. The van der Waals surface area contributed by atoms with E-state index in [4.69, 9.17) is 5.73 Å². The number of hydrogen-bond donors (Lipinski definition) is 2. The summed E-state index contributed by atoms with van der Waals surface area (Å²) < 4.78 is 2.02. The Morgan fingerprint density at radius 2 is 1.91 bits per heavy atom. The fourth-order valence-electron chi connectivity index (χ4n) is 2.68. The summed E-state index contributed by atoms with van der Waals surface area (Å²) in [5.74, 6) is 0. The first-order valence-electron chi connectivity index (χ1n) is 6.93. The van der Waals surface area contributed by atoms with Crippen LogP contribution in [-0.4, -0.2) is 31.1 Å². The Morgan fingerprint density at radius 1 is 1.27 bits per heavy atom. The van der Waals surface area contributed by atoms with E-state index in [1.807, 2.05) is 12.1 Å². The van der Waals surface area contributed by atoms with Gasteiger partial charge in [0, 0.05) is 41.2 Å². The molecule has 1 aliphatic rings. The summed E-state index contributed by atoms with van der Waals surface area (Å²) in [5, 5.41) is 3.40. The highest BCUT2D eigenvalue weighted by molar-refractivity contribution is 9.11. The number of anilines is 1. The Labute approximate surface area is 162 Å². The third-order valence-electron chi connectivity index (χ3n) is 3.72. The number of nitrogens with one attached hydrogen (secondary N) is 1. The second-order valence-corrected chi connectivity index (χ2v) is 6.83. The van der Waals surface area contributed by atoms with Crippen LogP contribution in [0.4, 0.5) is 5.69 Å². The quantitative estimate of drug-likeness (QED) is 0.485. The number of allylic oxidation sites excluding steroid dienone is 1. The number of rotatable bonds is 5. The van der Waals surface area contributed by atoms with Gasteiger partial charge >= 0.3 is 0 Å². The van der Waals surface area contributed by atoms with Gasteiger partial charge < -0.3 is 11.1 Å². The lowest BCUT2D eigenvalue weighted by Gasteiger charge is -2.36. The van der Waals surface area contributed by atoms with Crippen molar-refractivity contribution in [1.82, 2.24) is 10.2 Å². The van der Waals surface area contributed by atoms with Gasteiger partial charge in [0.1, 0.15) is 0 Å². The van der Waals surface area contributed by atoms with Crippen molar-refractivity contribution in [3.63, 3.8) is 0 Å². The van der Waals surface area contributed by atoms with Gasteiger partial charge in [-0.3, -0.25) is 4.90 Å². The van der Waals surface area contributed by atoms with Gasteiger partial charge in [-0.15, -0.1) is 31.4 Å². The van der Waals surface area contributed by atoms with E-state index in [9.17, 15) is 0 Å². The molecule has 126 valence electrons. The molecule has 1 fully saturated rings. The molecule has 0 radical (unpaired) electrons. The number of nitrogens with two attached hydrogens (primary N) is 1. The van der Waals surface area contributed by atoms with Crippen LogP contribution in [0.3, 0.4) is 0 Å². The minimum absolute atomic E-state index is 0. The lowest BCUT2D eigenvalue weighted by atomic mass is 9.98. The van der Waals surface area contributed by atoms with Crippen molar-refractivity contribution in [2.24, 2.45) is 0 Å². The SMILES string of the molecule is C=CCC[C@@H](c1cc(Br)cc(Br)c1N)N1CCNCC1.Cl.Cl. The molecule has 0 bridgehead atoms. The predicted molar refractivity (Wildman–Crippen MR) is 107 cm³/mol. The Morgan fingerprint density at radius 3 is 2.50 bits per heavy atom. The van der Waals surface area contributed by atoms with Gasteiger partial charge in [-0.2, -0.15) is 0 Å². The molecular formula is C15H23Br2Cl2N3. The third-order valence-corrected chi connectivity index (χ3v) is 4.84. The van der Waals surface area contributed by atoms with Crippen LogP contribution in [0, 0.1) is 0 Å². The van der Waals surface area contributed by atoms with E-state index in [1.165, 1.54) is 5.56 Å². The molecule has 0 aromatic heterocycles. The van der Waals surface area contributed by atoms with E-state index in [0.29, 0.717) is 6.04 Å². The Hall–Kier alpha value is 0.220. The summed E-state index contributed by atoms with van der Waals surface area (Å²) in [6.45, 7) is 8.05. The lowest BCUT2D eigenvalue weighted by Crippen LogP contribution is -2.45. The Bertz CT molecular complexity index is 480. The molecule has 7 heteroatoms. The highest BCUT2D eigenvalue weighted by atomic mass is 79.9. The van der Waals surface area contributed by atoms with Crippen molar-refractivity contribution >= 4 is 62.4 Å². The molecule has 22 heavy (non-hydrogen) atoms. The Kier molecular flexibility index (Phi) is 11.0. The van der Waals surface area contributed by atoms with Crippen molar-refractivity contribution in [3.05, 3.63) is 39.3 Å². The zero-order valence-corrected chi connectivity index (χ0v) is 17.2. The first-order valence-corrected chi connectivity index (χ1v) is 8.52. The van der Waals surface area contributed by atoms with E-state index in [0.717, 1.165) is 53.7 Å². The first-order chi connectivity index (χ1) is 9.63. The normalized spacial score (nSPS) is 16.3. The zero-order valence-electron chi connectivity index (χ0n) is 12.4. The second kappa shape index (κ2) is 10.9. The largest absolute Gasteiger partial charge is 0.398 e. The first kappa shape index (κ1) is 22.2. The van der Waals surface area contributed by atoms with E-state index < -0.39 is 0 Å². The molecule has 0 spiro atoms. The molecular weight excluding hydrogens is 453 g/mol. The molecule has 3 nitrogen and oxygen atoms in total. The summed E-state index contributed by atoms with van der Waals surface area (Å²) in [4.78, 5) is 2.52. The van der Waals surface area contributed by atoms with Gasteiger partial charge in [0.2, 0.25) is 0 Å². The smallest absolute Gasteiger partial charge is 0.0507 e. The molecule has 3 N–H and O–H groups in total. The minimum Gasteiger partial charge on any atom is -0.398 e. The van der Waals surface area contributed by atoms with Crippen LogP contribution in [0.15, 0.2) is 33.7 Å². The van der Waals surface area contributed by atoms with Gasteiger partial charge in [-0.05, 0) is 46.5 Å². The van der Waals surface area contributed by atoms with Crippen molar-refractivity contribution in [1.29, 1.82) is 0 Å². The summed E-state index contributed by atoms with van der Waals surface area (Å²) >= 11 is 7.12. The van der Waals surface area contributed by atoms with Gasteiger partial charge in [0.05, 0.1) is 5.69 Å². The molecule has 2 rings (SSSR count). The molecule has 0 aliphatic carbocycles. The van der Waals surface area contributed by atoms with Gasteiger partial charge in [-0.25, -0.2) is 0 Å². The Balaban J connectivity index is 0.00000220. The maximum absolute atomic E-state index is 6.29. The molecule has 0 saturated carbocycles. The number of hydrogen-bond acceptors (Lipinski definition) is 3. The van der Waals surface area contributed by atoms with E-state index in [-0.39, 0.29) is 24.8 Å². The number of nitrogens with zero attached hydrogens (tertiary/aromatic N) is 1. The molecule has 0 unspecified atom stereocenters. The molecule has 1 aliphatic heterocycles. The zero-order chi connectivity index (χ0) is 14.5. The lowest BCUT2D eigenvalue weighted by molar-refractivity contribution is 0.166. The number of piperazine rings is 1. The van der Waals surface area contributed by atoms with Crippen LogP contribution in [0.5, 0.6) is 0 Å². The van der Waals surface area contributed by atoms with Crippen LogP contribution in [0.2, 0.25) is 0 Å². The fraction of sp³-hybridized carbons (Fsp3) is 0.467. The fourth-order valence-corrected chi connectivity index (χ4v) is 3.94. The average molecular weight is 476 g/mol. The summed E-state index contributed by atoms with van der Waals surface area (Å²) in [5.41, 5.74) is 8.35. The average Bonchev–Trinajstić information content (AvgIpc) is 2.45. The molecule has 1 aromatic rings. The van der Waals surface area contributed by atoms with Crippen molar-refractivity contribution in [3.8, 4) is 0 Å². The van der Waals surface area contributed by atoms with Crippen molar-refractivity contribution in [2.45, 2.75) is 18.9 Å². The van der Waals surface area contributed by atoms with Crippen LogP contribution in [0.1, 0.15) is 24.4 Å². The standard InChI is InChI=1S/C15H21Br2N3.2ClH/c1-2-3-4-14(20-7-5-19-6-8-20)12-9-11(16)10-13(17)15(12)18;;/h2,9-10,14,19H,1,3-8,18H2;2*1H/t14-;;/m0../s1. The van der Waals surface area contributed by atoms with Crippen LogP contribution < -0.4 is 11.1 Å². The highest BCUT2D eigenvalue weighted by Crippen LogP contribution is 2.36. The van der Waals surface area contributed by atoms with Crippen LogP contribution in [-0.2, 0) is 0 Å². The van der Waals surface area contributed by atoms with E-state index in [2.05, 4.69) is 54.7 Å². The second-order valence-electron chi connectivity index (χ2n) is 5.06. The third kappa shape index (κ3) is 5.69. The maximum Gasteiger partial charge on any atom is 0.0507 e. The molecule has 0 amide bonds. The highest BCUT2D eigenvalue weighted by Gasteiger charge is 2.24. The van der Waals surface area contributed by atoms with Crippen LogP contribution >= 0.6 is 56.7 Å². The predicted octanol–water partition coefficient (Wildman–Crippen LogP) is 4.55. The van der Waals surface area contributed by atoms with E-state index in [1.54, 1.807) is 0 Å². The van der Waals surface area contributed by atoms with Gasteiger partial charge in [-0.1, -0.05) is 22.0 Å². The van der Waals surface area contributed by atoms with Crippen molar-refractivity contribution in [2.75, 3.05) is 31.9 Å². The molecule has 1 atom stereocenters. The minimum atomic E-state index is 0. The van der Waals surface area contributed by atoms with E-state index >= 15 is 0 Å². The number of benzene rings is 1. The maximum atomic E-state index is 6.29. The molecule has 1 heterocycles. The van der Waals surface area contributed by atoms with Gasteiger partial charge in [0.25, 0.3) is 0 Å². The van der Waals surface area contributed by atoms with Crippen molar-refractivity contribution < 1.29 is 0 Å². The summed E-state index contributed by atoms with van der Waals surface area (Å²) in [6, 6.07) is 4.50. The number of halogens is 4. The topological polar surface area (TPSA) is 41.3 Å². The van der Waals surface area contributed by atoms with Crippen LogP contribution in [0.25, 0.3) is 0 Å². The molecule has 1 saturated heterocycles. The summed E-state index contributed by atoms with van der Waals surface area (Å²) in [6.07, 6.45) is 4.03. The number of nitrogen functional groups attached to an aromatic ring is 1. The summed E-state index contributed by atoms with van der Waals surface area (Å²) in [7, 11) is 0. The monoisotopic (exact) mass is 473 g/mol. The van der Waals surface area contributed by atoms with Gasteiger partial charge in [0.15, 0.2) is 0 Å².